The first kappa shape index (κ1) is 28.3. The van der Waals surface area contributed by atoms with E-state index in [1.165, 1.54) is 65.1 Å². The van der Waals surface area contributed by atoms with Crippen LogP contribution in [0.1, 0.15) is 0 Å². The first-order chi connectivity index (χ1) is 25.3. The molecule has 0 spiro atoms. The van der Waals surface area contributed by atoms with Crippen LogP contribution in [0, 0.1) is 0 Å². The number of aromatic nitrogens is 4. The molecule has 5 heteroatoms. The Bertz CT molecular complexity index is 2790. The smallest absolute Gasteiger partial charge is 0.0931 e. The molecule has 6 aromatic carbocycles. The number of hydrogen-bond donors (Lipinski definition) is 0. The van der Waals surface area contributed by atoms with Crippen molar-refractivity contribution >= 4 is 63.5 Å². The molecule has 0 radical (unpaired) electrons. The maximum absolute atomic E-state index is 5.04. The zero-order chi connectivity index (χ0) is 33.5. The van der Waals surface area contributed by atoms with Crippen LogP contribution >= 0.6 is 0 Å². The van der Waals surface area contributed by atoms with Crippen molar-refractivity contribution in [3.63, 3.8) is 0 Å². The summed E-state index contributed by atoms with van der Waals surface area (Å²) in [5.41, 5.74) is 13.9. The molecule has 0 saturated carbocycles. The Labute approximate surface area is 296 Å². The summed E-state index contributed by atoms with van der Waals surface area (Å²) in [5, 5.41) is 7.77. The van der Waals surface area contributed by atoms with Gasteiger partial charge in [0.15, 0.2) is 0 Å². The second-order valence-corrected chi connectivity index (χ2v) is 15.3. The van der Waals surface area contributed by atoms with E-state index in [-0.39, 0.29) is 0 Å². The predicted octanol–water partition coefficient (Wildman–Crippen LogP) is 9.10. The first-order valence-corrected chi connectivity index (χ1v) is 18.9. The maximum Gasteiger partial charge on any atom is 0.0931 e. The van der Waals surface area contributed by atoms with Gasteiger partial charge in [-0.25, -0.2) is 0 Å². The molecule has 0 atom stereocenters. The highest BCUT2D eigenvalue weighted by Crippen LogP contribution is 2.37. The van der Waals surface area contributed by atoms with E-state index in [2.05, 4.69) is 179 Å². The number of para-hydroxylation sites is 4. The Hall–Kier alpha value is -6.56. The van der Waals surface area contributed by atoms with E-state index in [1.54, 1.807) is 0 Å². The van der Waals surface area contributed by atoms with Gasteiger partial charge in [-0.05, 0) is 82.2 Å². The van der Waals surface area contributed by atoms with E-state index in [9.17, 15) is 0 Å². The van der Waals surface area contributed by atoms with Gasteiger partial charge in [-0.3, -0.25) is 9.97 Å². The van der Waals surface area contributed by atoms with Crippen LogP contribution in [0.5, 0.6) is 0 Å². The third-order valence-electron chi connectivity index (χ3n) is 10.6. The third-order valence-corrected chi connectivity index (χ3v) is 12.5. The van der Waals surface area contributed by atoms with Gasteiger partial charge < -0.3 is 9.13 Å². The predicted molar refractivity (Wildman–Crippen MR) is 215 cm³/mol. The van der Waals surface area contributed by atoms with Crippen molar-refractivity contribution < 1.29 is 0 Å². The molecule has 4 nitrogen and oxygen atoms in total. The zero-order valence-electron chi connectivity index (χ0n) is 27.7. The molecule has 0 fully saturated rings. The van der Waals surface area contributed by atoms with Crippen LogP contribution in [0.25, 0.3) is 88.6 Å². The van der Waals surface area contributed by atoms with Crippen LogP contribution in [0.3, 0.4) is 0 Å². The summed E-state index contributed by atoms with van der Waals surface area (Å²) >= 11 is 0. The molecule has 11 rings (SSSR count). The number of hydrogen-bond acceptors (Lipinski definition) is 2. The lowest BCUT2D eigenvalue weighted by Gasteiger charge is -2.10. The summed E-state index contributed by atoms with van der Waals surface area (Å²) in [5.74, 6) is 0. The maximum atomic E-state index is 5.04. The van der Waals surface area contributed by atoms with Gasteiger partial charge in [-0.1, -0.05) is 97.1 Å². The van der Waals surface area contributed by atoms with E-state index < -0.39 is 9.52 Å². The fourth-order valence-corrected chi connectivity index (χ4v) is 9.98. The number of pyridine rings is 2. The Kier molecular flexibility index (Phi) is 6.09. The van der Waals surface area contributed by atoms with Crippen molar-refractivity contribution in [1.82, 2.24) is 19.1 Å². The standard InChI is InChI=1S/C46H30N4Si/c1-3-11-31(12-4-1)49-41-17-9-7-15-33(41)35-21-19-29(23-43(35)49)39-25-37-38-26-40(48-28-46(38)51-45(37)27-47-39)30-20-22-36-34-16-8-10-18-42(34)50(44(36)24-30)32-13-5-2-6-14-32/h1-28H,51H2. The zero-order valence-corrected chi connectivity index (χ0v) is 29.1. The van der Waals surface area contributed by atoms with E-state index >= 15 is 0 Å². The van der Waals surface area contributed by atoms with Gasteiger partial charge in [-0.15, -0.1) is 0 Å². The molecule has 0 unspecified atom stereocenters. The minimum atomic E-state index is -0.668. The van der Waals surface area contributed by atoms with Gasteiger partial charge in [0.2, 0.25) is 0 Å². The minimum Gasteiger partial charge on any atom is -0.309 e. The van der Waals surface area contributed by atoms with Crippen molar-refractivity contribution in [2.45, 2.75) is 0 Å². The summed E-state index contributed by atoms with van der Waals surface area (Å²) < 4.78 is 4.74. The molecule has 1 aliphatic rings. The van der Waals surface area contributed by atoms with Gasteiger partial charge >= 0.3 is 0 Å². The van der Waals surface area contributed by atoms with Crippen LogP contribution in [-0.4, -0.2) is 28.6 Å². The van der Waals surface area contributed by atoms with E-state index in [0.717, 1.165) is 33.9 Å². The van der Waals surface area contributed by atoms with Crippen molar-refractivity contribution in [2.75, 3.05) is 0 Å². The normalized spacial score (nSPS) is 12.2. The molecule has 10 aromatic rings. The van der Waals surface area contributed by atoms with Crippen molar-refractivity contribution in [3.05, 3.63) is 170 Å². The molecule has 0 bridgehead atoms. The first-order valence-electron chi connectivity index (χ1n) is 17.4. The molecular formula is C46H30N4Si. The number of benzene rings is 6. The highest BCUT2D eigenvalue weighted by atomic mass is 28.2. The molecular weight excluding hydrogens is 637 g/mol. The van der Waals surface area contributed by atoms with Gasteiger partial charge in [-0.2, -0.15) is 0 Å². The highest BCUT2D eigenvalue weighted by Gasteiger charge is 2.23. The molecule has 5 heterocycles. The fourth-order valence-electron chi connectivity index (χ4n) is 8.24. The summed E-state index contributed by atoms with van der Waals surface area (Å²) in [6.45, 7) is 0. The SMILES string of the molecule is c1ccc(-n2c3ccccc3c3ccc(-c4cc5c(cn4)[SiH2]c4cnc(-c6ccc7c8ccccc8n(-c8ccccc8)c7c6)cc4-5)cc32)cc1. The Morgan fingerprint density at radius 2 is 0.784 bits per heavy atom. The largest absolute Gasteiger partial charge is 0.309 e. The lowest BCUT2D eigenvalue weighted by molar-refractivity contribution is 1.18. The second-order valence-electron chi connectivity index (χ2n) is 13.5. The van der Waals surface area contributed by atoms with Crippen LogP contribution in [0.2, 0.25) is 0 Å². The van der Waals surface area contributed by atoms with Gasteiger partial charge in [0.05, 0.1) is 43.0 Å². The van der Waals surface area contributed by atoms with Gasteiger partial charge in [0, 0.05) is 56.4 Å². The van der Waals surface area contributed by atoms with Crippen LogP contribution in [0.4, 0.5) is 0 Å². The number of nitrogens with zero attached hydrogens (tertiary/aromatic N) is 4. The molecule has 238 valence electrons. The lowest BCUT2D eigenvalue weighted by atomic mass is 10.0. The quantitative estimate of drug-likeness (QED) is 0.176. The highest BCUT2D eigenvalue weighted by molar-refractivity contribution is 6.73. The third kappa shape index (κ3) is 4.32. The molecule has 4 aromatic heterocycles. The van der Waals surface area contributed by atoms with Crippen molar-refractivity contribution in [2.24, 2.45) is 0 Å². The average Bonchev–Trinajstić information content (AvgIpc) is 3.85. The van der Waals surface area contributed by atoms with E-state index in [1.807, 2.05) is 0 Å². The van der Waals surface area contributed by atoms with E-state index in [4.69, 9.17) is 9.97 Å². The molecule has 1 aliphatic heterocycles. The molecule has 0 saturated heterocycles. The average molecular weight is 667 g/mol. The Balaban J connectivity index is 1.03. The topological polar surface area (TPSA) is 35.6 Å². The Morgan fingerprint density at radius 3 is 1.25 bits per heavy atom. The van der Waals surface area contributed by atoms with Crippen LogP contribution in [-0.2, 0) is 0 Å². The number of rotatable bonds is 4. The molecule has 0 N–H and O–H groups in total. The summed E-state index contributed by atoms with van der Waals surface area (Å²) in [6, 6.07) is 56.8. The molecule has 0 aliphatic carbocycles. The summed E-state index contributed by atoms with van der Waals surface area (Å²) in [4.78, 5) is 10.1. The van der Waals surface area contributed by atoms with Crippen molar-refractivity contribution in [3.8, 4) is 45.0 Å². The lowest BCUT2D eigenvalue weighted by Crippen LogP contribution is -2.21. The van der Waals surface area contributed by atoms with Gasteiger partial charge in [0.25, 0.3) is 0 Å². The fraction of sp³-hybridized carbons (Fsp3) is 0. The number of fused-ring (bicyclic) bond motifs is 9. The molecule has 0 amide bonds. The second kappa shape index (κ2) is 11.0. The summed E-state index contributed by atoms with van der Waals surface area (Å²) in [6.07, 6.45) is 4.25. The molecule has 51 heavy (non-hydrogen) atoms. The van der Waals surface area contributed by atoms with Crippen LogP contribution in [0.15, 0.2) is 170 Å². The summed E-state index contributed by atoms with van der Waals surface area (Å²) in [7, 11) is -0.668. The van der Waals surface area contributed by atoms with Crippen molar-refractivity contribution in [1.29, 1.82) is 0 Å². The van der Waals surface area contributed by atoms with E-state index in [0.29, 0.717) is 0 Å². The van der Waals surface area contributed by atoms with Crippen LogP contribution < -0.4 is 10.4 Å². The monoisotopic (exact) mass is 666 g/mol. The Morgan fingerprint density at radius 1 is 0.373 bits per heavy atom. The van der Waals surface area contributed by atoms with Gasteiger partial charge in [0.1, 0.15) is 0 Å². The minimum absolute atomic E-state index is 0.668.